The van der Waals surface area contributed by atoms with Crippen molar-refractivity contribution in [3.63, 3.8) is 0 Å². The molecule has 7 nitrogen and oxygen atoms in total. The molecule has 0 aliphatic carbocycles. The lowest BCUT2D eigenvalue weighted by Gasteiger charge is -2.36. The van der Waals surface area contributed by atoms with E-state index in [4.69, 9.17) is 0 Å². The fraction of sp³-hybridized carbons (Fsp3) is 0.556. The summed E-state index contributed by atoms with van der Waals surface area (Å²) in [6.07, 6.45) is 2.80. The molecule has 1 fully saturated rings. The van der Waals surface area contributed by atoms with Crippen LogP contribution in [0.15, 0.2) is 18.3 Å². The Morgan fingerprint density at radius 1 is 1.38 bits per heavy atom. The van der Waals surface area contributed by atoms with Gasteiger partial charge in [-0.3, -0.25) is 14.3 Å². The third kappa shape index (κ3) is 4.30. The summed E-state index contributed by atoms with van der Waals surface area (Å²) in [5.74, 6) is 0.849. The topological polar surface area (TPSA) is 80.1 Å². The molecule has 2 atom stereocenters. The van der Waals surface area contributed by atoms with Gasteiger partial charge in [-0.2, -0.15) is 0 Å². The molecule has 3 rings (SSSR count). The molecular formula is C18H25N5O2S. The minimum Gasteiger partial charge on any atom is -0.355 e. The Kier molecular flexibility index (Phi) is 5.70. The lowest BCUT2D eigenvalue weighted by atomic mass is 9.86. The Labute approximate surface area is 157 Å². The van der Waals surface area contributed by atoms with E-state index in [0.717, 1.165) is 35.0 Å². The number of aromatic nitrogens is 3. The average Bonchev–Trinajstić information content (AvgIpc) is 3.22. The third-order valence-electron chi connectivity index (χ3n) is 5.03. The zero-order valence-electron chi connectivity index (χ0n) is 15.4. The molecule has 1 aliphatic heterocycles. The molecule has 2 unspecified atom stereocenters. The second kappa shape index (κ2) is 7.99. The Balaban J connectivity index is 1.47. The number of carbonyl (C=O) groups is 2. The molecule has 0 radical (unpaired) electrons. The van der Waals surface area contributed by atoms with Gasteiger partial charge >= 0.3 is 0 Å². The molecule has 3 heterocycles. The van der Waals surface area contributed by atoms with Crippen LogP contribution in [-0.2, 0) is 18.3 Å². The number of piperidine rings is 1. The molecule has 0 aromatic carbocycles. The van der Waals surface area contributed by atoms with Crippen LogP contribution in [0.3, 0.4) is 0 Å². The highest BCUT2D eigenvalue weighted by molar-refractivity contribution is 7.13. The van der Waals surface area contributed by atoms with Crippen LogP contribution in [0.4, 0.5) is 0 Å². The van der Waals surface area contributed by atoms with E-state index in [1.807, 2.05) is 24.0 Å². The molecule has 2 amide bonds. The number of carbonyl (C=O) groups excluding carboxylic acids is 2. The molecule has 0 bridgehead atoms. The standard InChI is InChI=1S/C18H25N5O2S/c1-12-11-23(18(25)16-5-4-13(2)26-16)7-6-14(12)9-19-17(24)8-15-10-20-21-22(15)3/h4-5,10,12,14H,6-9,11H2,1-3H3,(H,19,24). The second-order valence-electron chi connectivity index (χ2n) is 7.02. The number of nitrogens with one attached hydrogen (secondary N) is 1. The minimum atomic E-state index is -0.0184. The monoisotopic (exact) mass is 375 g/mol. The number of likely N-dealkylation sites (tertiary alicyclic amines) is 1. The number of nitrogens with zero attached hydrogens (tertiary/aromatic N) is 4. The molecule has 1 saturated heterocycles. The number of aryl methyl sites for hydroxylation is 2. The van der Waals surface area contributed by atoms with Gasteiger partial charge in [-0.15, -0.1) is 16.4 Å². The van der Waals surface area contributed by atoms with Gasteiger partial charge in [-0.25, -0.2) is 0 Å². The van der Waals surface area contributed by atoms with Gasteiger partial charge in [0.05, 0.1) is 23.2 Å². The summed E-state index contributed by atoms with van der Waals surface area (Å²) in [4.78, 5) is 28.6. The predicted octanol–water partition coefficient (Wildman–Crippen LogP) is 1.64. The van der Waals surface area contributed by atoms with Crippen molar-refractivity contribution >= 4 is 23.2 Å². The van der Waals surface area contributed by atoms with E-state index in [-0.39, 0.29) is 18.2 Å². The van der Waals surface area contributed by atoms with Crippen LogP contribution in [-0.4, -0.2) is 51.3 Å². The molecular weight excluding hydrogens is 350 g/mol. The first-order valence-corrected chi connectivity index (χ1v) is 9.71. The normalized spacial score (nSPS) is 20.2. The van der Waals surface area contributed by atoms with Crippen molar-refractivity contribution in [2.24, 2.45) is 18.9 Å². The Hall–Kier alpha value is -2.22. The molecule has 0 saturated carbocycles. The Bertz CT molecular complexity index is 784. The van der Waals surface area contributed by atoms with Crippen LogP contribution >= 0.6 is 11.3 Å². The molecule has 140 valence electrons. The SMILES string of the molecule is Cc1ccc(C(=O)N2CCC(CNC(=O)Cc3cnnn3C)C(C)C2)s1. The van der Waals surface area contributed by atoms with Gasteiger partial charge in [0, 0.05) is 31.6 Å². The highest BCUT2D eigenvalue weighted by Gasteiger charge is 2.29. The van der Waals surface area contributed by atoms with E-state index in [0.29, 0.717) is 18.4 Å². The van der Waals surface area contributed by atoms with Crippen LogP contribution in [0.5, 0.6) is 0 Å². The lowest BCUT2D eigenvalue weighted by Crippen LogP contribution is -2.46. The minimum absolute atomic E-state index is 0.0184. The summed E-state index contributed by atoms with van der Waals surface area (Å²) >= 11 is 1.55. The third-order valence-corrected chi connectivity index (χ3v) is 6.02. The first-order valence-electron chi connectivity index (χ1n) is 8.90. The average molecular weight is 375 g/mol. The predicted molar refractivity (Wildman–Crippen MR) is 99.9 cm³/mol. The van der Waals surface area contributed by atoms with Crippen LogP contribution in [0.1, 0.15) is 33.6 Å². The quantitative estimate of drug-likeness (QED) is 0.862. The van der Waals surface area contributed by atoms with Crippen molar-refractivity contribution in [1.82, 2.24) is 25.2 Å². The zero-order chi connectivity index (χ0) is 18.7. The molecule has 0 spiro atoms. The maximum atomic E-state index is 12.6. The number of hydrogen-bond donors (Lipinski definition) is 1. The maximum absolute atomic E-state index is 12.6. The second-order valence-corrected chi connectivity index (χ2v) is 8.31. The van der Waals surface area contributed by atoms with Gasteiger partial charge in [0.2, 0.25) is 5.91 Å². The first kappa shape index (κ1) is 18.6. The van der Waals surface area contributed by atoms with Gasteiger partial charge in [-0.05, 0) is 37.3 Å². The summed E-state index contributed by atoms with van der Waals surface area (Å²) in [7, 11) is 1.78. The maximum Gasteiger partial charge on any atom is 0.263 e. The largest absolute Gasteiger partial charge is 0.355 e. The van der Waals surface area contributed by atoms with Crippen molar-refractivity contribution in [3.8, 4) is 0 Å². The van der Waals surface area contributed by atoms with Crippen molar-refractivity contribution < 1.29 is 9.59 Å². The fourth-order valence-corrected chi connectivity index (χ4v) is 4.17. The highest BCUT2D eigenvalue weighted by atomic mass is 32.1. The van der Waals surface area contributed by atoms with Crippen LogP contribution in [0, 0.1) is 18.8 Å². The van der Waals surface area contributed by atoms with Crippen molar-refractivity contribution in [3.05, 3.63) is 33.8 Å². The summed E-state index contributed by atoms with van der Waals surface area (Å²) < 4.78 is 1.61. The smallest absolute Gasteiger partial charge is 0.263 e. The highest BCUT2D eigenvalue weighted by Crippen LogP contribution is 2.25. The van der Waals surface area contributed by atoms with Gasteiger partial charge in [0.1, 0.15) is 0 Å². The van der Waals surface area contributed by atoms with E-state index < -0.39 is 0 Å². The number of hydrogen-bond acceptors (Lipinski definition) is 5. The summed E-state index contributed by atoms with van der Waals surface area (Å²) in [5.41, 5.74) is 0.794. The zero-order valence-corrected chi connectivity index (χ0v) is 16.3. The van der Waals surface area contributed by atoms with E-state index >= 15 is 0 Å². The van der Waals surface area contributed by atoms with Crippen LogP contribution in [0.2, 0.25) is 0 Å². The summed E-state index contributed by atoms with van der Waals surface area (Å²) in [5, 5.41) is 10.6. The van der Waals surface area contributed by atoms with Gasteiger partial charge in [0.25, 0.3) is 5.91 Å². The molecule has 1 N–H and O–H groups in total. The number of thiophene rings is 1. The number of rotatable bonds is 5. The van der Waals surface area contributed by atoms with Crippen LogP contribution < -0.4 is 5.32 Å². The van der Waals surface area contributed by atoms with E-state index in [9.17, 15) is 9.59 Å². The van der Waals surface area contributed by atoms with E-state index in [1.54, 1.807) is 29.3 Å². The van der Waals surface area contributed by atoms with Crippen molar-refractivity contribution in [1.29, 1.82) is 0 Å². The lowest BCUT2D eigenvalue weighted by molar-refractivity contribution is -0.120. The van der Waals surface area contributed by atoms with Crippen molar-refractivity contribution in [2.45, 2.75) is 26.7 Å². The van der Waals surface area contributed by atoms with Crippen molar-refractivity contribution in [2.75, 3.05) is 19.6 Å². The summed E-state index contributed by atoms with van der Waals surface area (Å²) in [6.45, 7) is 6.29. The Morgan fingerprint density at radius 2 is 2.19 bits per heavy atom. The number of amides is 2. The molecule has 26 heavy (non-hydrogen) atoms. The van der Waals surface area contributed by atoms with E-state index in [2.05, 4.69) is 22.6 Å². The Morgan fingerprint density at radius 3 is 2.81 bits per heavy atom. The molecule has 8 heteroatoms. The molecule has 2 aromatic rings. The fourth-order valence-electron chi connectivity index (χ4n) is 3.33. The summed E-state index contributed by atoms with van der Waals surface area (Å²) in [6, 6.07) is 3.90. The van der Waals surface area contributed by atoms with Gasteiger partial charge < -0.3 is 10.2 Å². The van der Waals surface area contributed by atoms with Gasteiger partial charge in [0.15, 0.2) is 0 Å². The van der Waals surface area contributed by atoms with Gasteiger partial charge in [-0.1, -0.05) is 12.1 Å². The van der Waals surface area contributed by atoms with Crippen LogP contribution in [0.25, 0.3) is 0 Å². The molecule has 1 aliphatic rings. The molecule has 2 aromatic heterocycles. The van der Waals surface area contributed by atoms with E-state index in [1.165, 1.54) is 0 Å². The first-order chi connectivity index (χ1) is 12.4.